The summed E-state index contributed by atoms with van der Waals surface area (Å²) >= 11 is 1.51. The van der Waals surface area contributed by atoms with Gasteiger partial charge in [0.15, 0.2) is 0 Å². The van der Waals surface area contributed by atoms with Crippen molar-refractivity contribution < 1.29 is 14.3 Å². The molecular formula is C24H25N3O3S. The normalized spacial score (nSPS) is 23.5. The van der Waals surface area contributed by atoms with Crippen LogP contribution < -0.4 is 10.1 Å². The van der Waals surface area contributed by atoms with E-state index in [1.54, 1.807) is 7.11 Å². The van der Waals surface area contributed by atoms with Crippen LogP contribution in [-0.4, -0.2) is 47.8 Å². The molecule has 0 radical (unpaired) electrons. The molecule has 1 aromatic carbocycles. The lowest BCUT2D eigenvalue weighted by molar-refractivity contribution is -0.0391. The Labute approximate surface area is 185 Å². The number of hydrogen-bond acceptors (Lipinski definition) is 5. The molecule has 0 unspecified atom stereocenters. The Morgan fingerprint density at radius 2 is 2.06 bits per heavy atom. The van der Waals surface area contributed by atoms with Crippen LogP contribution in [0, 0.1) is 0 Å². The molecule has 7 heteroatoms. The van der Waals surface area contributed by atoms with Crippen LogP contribution in [0.25, 0.3) is 5.69 Å². The van der Waals surface area contributed by atoms with E-state index in [-0.39, 0.29) is 17.0 Å². The monoisotopic (exact) mass is 435 g/mol. The maximum absolute atomic E-state index is 12.8. The van der Waals surface area contributed by atoms with Gasteiger partial charge in [0.25, 0.3) is 5.91 Å². The van der Waals surface area contributed by atoms with Crippen molar-refractivity contribution in [1.29, 1.82) is 0 Å². The smallest absolute Gasteiger partial charge is 0.263 e. The second-order valence-corrected chi connectivity index (χ2v) is 9.72. The maximum atomic E-state index is 12.8. The topological polar surface area (TPSA) is 55.7 Å². The van der Waals surface area contributed by atoms with Crippen LogP contribution in [0.5, 0.6) is 5.75 Å². The predicted molar refractivity (Wildman–Crippen MR) is 120 cm³/mol. The van der Waals surface area contributed by atoms with E-state index >= 15 is 0 Å². The van der Waals surface area contributed by atoms with Gasteiger partial charge in [-0.25, -0.2) is 0 Å². The minimum absolute atomic E-state index is 0.142. The average Bonchev–Trinajstić information content (AvgIpc) is 3.55. The molecule has 3 aromatic rings. The number of fused-ring (bicyclic) bond motifs is 4. The summed E-state index contributed by atoms with van der Waals surface area (Å²) in [5, 5.41) is 5.77. The molecule has 1 N–H and O–H groups in total. The molecule has 6 rings (SSSR count). The van der Waals surface area contributed by atoms with Gasteiger partial charge in [0.2, 0.25) is 0 Å². The fourth-order valence-corrected chi connectivity index (χ4v) is 6.11. The molecule has 2 spiro atoms. The van der Waals surface area contributed by atoms with Gasteiger partial charge in [-0.3, -0.25) is 4.79 Å². The minimum Gasteiger partial charge on any atom is -0.497 e. The number of nitrogens with one attached hydrogen (secondary N) is 1. The van der Waals surface area contributed by atoms with Crippen LogP contribution in [0.1, 0.15) is 34.6 Å². The summed E-state index contributed by atoms with van der Waals surface area (Å²) in [5.74, 6) is 0.981. The molecular weight excluding hydrogens is 410 g/mol. The SMILES string of the molecule is COc1ccc2c(c1)N[C@@]1(COC3(CCN(C(=O)c4cccs4)CC3)C1)c1cccn1-2. The van der Waals surface area contributed by atoms with Gasteiger partial charge >= 0.3 is 0 Å². The highest BCUT2D eigenvalue weighted by atomic mass is 32.1. The summed E-state index contributed by atoms with van der Waals surface area (Å²) in [6.45, 7) is 2.09. The first-order chi connectivity index (χ1) is 15.1. The second-order valence-electron chi connectivity index (χ2n) is 8.77. The van der Waals surface area contributed by atoms with E-state index in [2.05, 4.69) is 40.3 Å². The van der Waals surface area contributed by atoms with Crippen LogP contribution in [0.3, 0.4) is 0 Å². The molecule has 0 saturated carbocycles. The summed E-state index contributed by atoms with van der Waals surface area (Å²) in [6, 6.07) is 14.3. The molecule has 31 heavy (non-hydrogen) atoms. The van der Waals surface area contributed by atoms with Crippen molar-refractivity contribution in [2.75, 3.05) is 32.1 Å². The van der Waals surface area contributed by atoms with Crippen LogP contribution >= 0.6 is 11.3 Å². The zero-order valence-corrected chi connectivity index (χ0v) is 18.3. The van der Waals surface area contributed by atoms with E-state index in [0.717, 1.165) is 54.4 Å². The number of likely N-dealkylation sites (tertiary alicyclic amines) is 1. The largest absolute Gasteiger partial charge is 0.497 e. The summed E-state index contributed by atoms with van der Waals surface area (Å²) in [5.41, 5.74) is 2.95. The highest BCUT2D eigenvalue weighted by Gasteiger charge is 2.54. The number of carbonyl (C=O) groups excluding carboxylic acids is 1. The van der Waals surface area contributed by atoms with Crippen molar-refractivity contribution in [1.82, 2.24) is 9.47 Å². The number of rotatable bonds is 2. The molecule has 2 aromatic heterocycles. The first-order valence-electron chi connectivity index (χ1n) is 10.7. The summed E-state index contributed by atoms with van der Waals surface area (Å²) in [7, 11) is 1.69. The average molecular weight is 436 g/mol. The van der Waals surface area contributed by atoms with Crippen LogP contribution in [-0.2, 0) is 10.3 Å². The molecule has 0 bridgehead atoms. The van der Waals surface area contributed by atoms with Gasteiger partial charge in [-0.05, 0) is 48.6 Å². The van der Waals surface area contributed by atoms with Crippen LogP contribution in [0.15, 0.2) is 54.0 Å². The first-order valence-corrected chi connectivity index (χ1v) is 11.6. The Hall–Kier alpha value is -2.77. The third-order valence-corrected chi connectivity index (χ3v) is 7.88. The van der Waals surface area contributed by atoms with E-state index < -0.39 is 0 Å². The second kappa shape index (κ2) is 6.87. The third-order valence-electron chi connectivity index (χ3n) is 7.02. The molecule has 6 nitrogen and oxygen atoms in total. The van der Waals surface area contributed by atoms with Gasteiger partial charge in [0.05, 0.1) is 41.3 Å². The number of piperidine rings is 1. The van der Waals surface area contributed by atoms with Gasteiger partial charge in [0.1, 0.15) is 11.3 Å². The number of hydrogen-bond donors (Lipinski definition) is 1. The molecule has 1 atom stereocenters. The van der Waals surface area contributed by atoms with Crippen molar-refractivity contribution in [3.63, 3.8) is 0 Å². The van der Waals surface area contributed by atoms with Crippen molar-refractivity contribution in [2.24, 2.45) is 0 Å². The Morgan fingerprint density at radius 3 is 2.84 bits per heavy atom. The molecule has 3 aliphatic rings. The van der Waals surface area contributed by atoms with E-state index in [1.807, 2.05) is 28.5 Å². The number of carbonyl (C=O) groups is 1. The number of nitrogens with zero attached hydrogens (tertiary/aromatic N) is 2. The van der Waals surface area contributed by atoms with Crippen molar-refractivity contribution in [2.45, 2.75) is 30.4 Å². The van der Waals surface area contributed by atoms with E-state index in [9.17, 15) is 4.79 Å². The lowest BCUT2D eigenvalue weighted by Gasteiger charge is -2.41. The molecule has 1 amide bonds. The third kappa shape index (κ3) is 2.91. The van der Waals surface area contributed by atoms with Crippen molar-refractivity contribution in [3.8, 4) is 11.4 Å². The number of aromatic nitrogens is 1. The van der Waals surface area contributed by atoms with Gasteiger partial charge in [-0.1, -0.05) is 6.07 Å². The Balaban J connectivity index is 1.26. The predicted octanol–water partition coefficient (Wildman–Crippen LogP) is 4.26. The van der Waals surface area contributed by atoms with Crippen LogP contribution in [0.4, 0.5) is 5.69 Å². The standard InChI is InChI=1S/C24H25N3O3S/c1-29-17-6-7-19-18(14-17)25-24(21-5-2-10-27(19)21)15-23(30-16-24)8-11-26(12-9-23)22(28)20-4-3-13-31-20/h2-7,10,13-14,25H,8-9,11-12,15-16H2,1H3/t24-/m0/s1. The lowest BCUT2D eigenvalue weighted by Crippen LogP contribution is -2.48. The number of amides is 1. The molecule has 2 fully saturated rings. The minimum atomic E-state index is -0.275. The fourth-order valence-electron chi connectivity index (χ4n) is 5.42. The van der Waals surface area contributed by atoms with Gasteiger partial charge in [0, 0.05) is 31.8 Å². The summed E-state index contributed by atoms with van der Waals surface area (Å²) < 4.78 is 14.3. The van der Waals surface area contributed by atoms with Crippen LogP contribution in [0.2, 0.25) is 0 Å². The fraction of sp³-hybridized carbons (Fsp3) is 0.375. The molecule has 2 saturated heterocycles. The maximum Gasteiger partial charge on any atom is 0.263 e. The van der Waals surface area contributed by atoms with Gasteiger partial charge < -0.3 is 24.3 Å². The quantitative estimate of drug-likeness (QED) is 0.653. The Kier molecular flexibility index (Phi) is 4.20. The number of ether oxygens (including phenoxy) is 2. The lowest BCUT2D eigenvalue weighted by atomic mass is 9.79. The van der Waals surface area contributed by atoms with E-state index in [1.165, 1.54) is 17.0 Å². The van der Waals surface area contributed by atoms with Gasteiger partial charge in [-0.15, -0.1) is 11.3 Å². The van der Waals surface area contributed by atoms with Gasteiger partial charge in [-0.2, -0.15) is 0 Å². The number of methoxy groups -OCH3 is 1. The molecule has 160 valence electrons. The van der Waals surface area contributed by atoms with Crippen molar-refractivity contribution in [3.05, 3.63) is 64.6 Å². The Morgan fingerprint density at radius 1 is 1.19 bits per heavy atom. The number of thiophene rings is 1. The molecule has 3 aliphatic heterocycles. The molecule has 0 aliphatic carbocycles. The zero-order chi connectivity index (χ0) is 21.1. The molecule has 5 heterocycles. The highest BCUT2D eigenvalue weighted by Crippen LogP contribution is 2.50. The highest BCUT2D eigenvalue weighted by molar-refractivity contribution is 7.12. The number of benzene rings is 1. The number of anilines is 1. The Bertz CT molecular complexity index is 1130. The summed E-state index contributed by atoms with van der Waals surface area (Å²) in [6.07, 6.45) is 4.73. The first kappa shape index (κ1) is 19.0. The summed E-state index contributed by atoms with van der Waals surface area (Å²) in [4.78, 5) is 15.5. The van der Waals surface area contributed by atoms with Crippen molar-refractivity contribution >= 4 is 22.9 Å². The zero-order valence-electron chi connectivity index (χ0n) is 17.5. The van der Waals surface area contributed by atoms with E-state index in [0.29, 0.717) is 6.61 Å². The van der Waals surface area contributed by atoms with E-state index in [4.69, 9.17) is 9.47 Å².